The molecule has 1 aromatic heterocycles. The number of aromatic nitrogens is 2. The number of hydrogen-bond donors (Lipinski definition) is 1. The predicted octanol–water partition coefficient (Wildman–Crippen LogP) is 3.84. The Bertz CT molecular complexity index is 966. The molecule has 0 aliphatic carbocycles. The molecule has 0 aliphatic rings. The highest BCUT2D eigenvalue weighted by Crippen LogP contribution is 2.24. The monoisotopic (exact) mass is 394 g/mol. The molecule has 0 aliphatic heterocycles. The molecule has 3 aromatic rings. The lowest BCUT2D eigenvalue weighted by Crippen LogP contribution is -2.30. The quantitative estimate of drug-likeness (QED) is 0.487. The molecular formula is C21H22N4O2S. The number of benzene rings is 2. The van der Waals surface area contributed by atoms with Crippen molar-refractivity contribution in [2.45, 2.75) is 18.9 Å². The number of amides is 2. The van der Waals surface area contributed by atoms with Gasteiger partial charge in [-0.1, -0.05) is 30.0 Å². The first kappa shape index (κ1) is 19.8. The van der Waals surface area contributed by atoms with Crippen molar-refractivity contribution in [3.63, 3.8) is 0 Å². The third-order valence-electron chi connectivity index (χ3n) is 4.31. The van der Waals surface area contributed by atoms with E-state index in [2.05, 4.69) is 15.3 Å². The largest absolute Gasteiger partial charge is 0.339 e. The normalized spacial score (nSPS) is 10.6. The highest BCUT2D eigenvalue weighted by Gasteiger charge is 2.13. The lowest BCUT2D eigenvalue weighted by molar-refractivity contribution is -0.113. The number of anilines is 1. The first-order chi connectivity index (χ1) is 13.6. The minimum absolute atomic E-state index is 0.00549. The number of carbonyl (C=O) groups excluding carboxylic acids is 2. The topological polar surface area (TPSA) is 75.2 Å². The van der Waals surface area contributed by atoms with Crippen molar-refractivity contribution in [2.75, 3.05) is 24.2 Å². The average molecular weight is 395 g/mol. The Hall–Kier alpha value is -2.93. The molecular weight excluding hydrogens is 372 g/mol. The minimum atomic E-state index is -0.129. The van der Waals surface area contributed by atoms with Crippen LogP contribution in [0.2, 0.25) is 0 Å². The van der Waals surface area contributed by atoms with E-state index in [9.17, 15) is 9.59 Å². The number of carbonyl (C=O) groups is 2. The summed E-state index contributed by atoms with van der Waals surface area (Å²) < 4.78 is 0. The van der Waals surface area contributed by atoms with Crippen LogP contribution in [0.5, 0.6) is 0 Å². The molecule has 7 heteroatoms. The summed E-state index contributed by atoms with van der Waals surface area (Å²) in [7, 11) is 0. The van der Waals surface area contributed by atoms with Gasteiger partial charge in [-0.15, -0.1) is 0 Å². The molecule has 28 heavy (non-hydrogen) atoms. The van der Waals surface area contributed by atoms with E-state index in [1.165, 1.54) is 18.1 Å². The second-order valence-corrected chi connectivity index (χ2v) is 7.05. The Labute approximate surface area is 168 Å². The van der Waals surface area contributed by atoms with Crippen LogP contribution in [0.3, 0.4) is 0 Å². The van der Waals surface area contributed by atoms with Crippen LogP contribution in [0.15, 0.2) is 59.9 Å². The number of nitrogens with zero attached hydrogens (tertiary/aromatic N) is 3. The van der Waals surface area contributed by atoms with Crippen LogP contribution in [0, 0.1) is 0 Å². The second-order valence-electron chi connectivity index (χ2n) is 6.09. The van der Waals surface area contributed by atoms with Crippen molar-refractivity contribution in [3.05, 3.63) is 60.4 Å². The van der Waals surface area contributed by atoms with Gasteiger partial charge in [0.25, 0.3) is 5.91 Å². The Morgan fingerprint density at radius 3 is 2.43 bits per heavy atom. The van der Waals surface area contributed by atoms with E-state index >= 15 is 0 Å². The number of fused-ring (bicyclic) bond motifs is 1. The van der Waals surface area contributed by atoms with Gasteiger partial charge in [0, 0.05) is 29.7 Å². The van der Waals surface area contributed by atoms with Crippen molar-refractivity contribution >= 4 is 40.2 Å². The summed E-state index contributed by atoms with van der Waals surface area (Å²) >= 11 is 1.37. The van der Waals surface area contributed by atoms with Gasteiger partial charge in [-0.25, -0.2) is 9.97 Å². The maximum atomic E-state index is 12.3. The Kier molecular flexibility index (Phi) is 6.60. The molecule has 2 aromatic carbocycles. The van der Waals surface area contributed by atoms with Gasteiger partial charge >= 0.3 is 0 Å². The summed E-state index contributed by atoms with van der Waals surface area (Å²) in [5.41, 5.74) is 2.13. The number of rotatable bonds is 7. The van der Waals surface area contributed by atoms with Crippen LogP contribution in [0.25, 0.3) is 10.9 Å². The first-order valence-electron chi connectivity index (χ1n) is 9.14. The van der Waals surface area contributed by atoms with E-state index in [0.29, 0.717) is 24.3 Å². The van der Waals surface area contributed by atoms with E-state index in [-0.39, 0.29) is 17.6 Å². The Balaban J connectivity index is 1.60. The van der Waals surface area contributed by atoms with Gasteiger partial charge in [-0.05, 0) is 44.2 Å². The third-order valence-corrected chi connectivity index (χ3v) is 5.32. The van der Waals surface area contributed by atoms with Crippen molar-refractivity contribution in [1.82, 2.24) is 14.9 Å². The van der Waals surface area contributed by atoms with Gasteiger partial charge in [-0.2, -0.15) is 0 Å². The standard InChI is InChI=1S/C21H22N4O2S/c1-3-25(4-2)21(27)15-9-11-16(12-10-15)24-19(26)13-28-20-17-7-5-6-8-18(17)22-14-23-20/h5-12,14H,3-4,13H2,1-2H3,(H,24,26). The summed E-state index contributed by atoms with van der Waals surface area (Å²) in [6.07, 6.45) is 1.51. The Morgan fingerprint density at radius 1 is 1.00 bits per heavy atom. The molecule has 0 radical (unpaired) electrons. The number of nitrogens with one attached hydrogen (secondary N) is 1. The molecule has 0 saturated heterocycles. The van der Waals surface area contributed by atoms with Crippen LogP contribution in [-0.4, -0.2) is 45.5 Å². The van der Waals surface area contributed by atoms with Crippen LogP contribution < -0.4 is 5.32 Å². The third kappa shape index (κ3) is 4.67. The van der Waals surface area contributed by atoms with Gasteiger partial charge in [-0.3, -0.25) is 9.59 Å². The van der Waals surface area contributed by atoms with Crippen LogP contribution in [-0.2, 0) is 4.79 Å². The first-order valence-corrected chi connectivity index (χ1v) is 10.1. The van der Waals surface area contributed by atoms with Crippen molar-refractivity contribution < 1.29 is 9.59 Å². The maximum Gasteiger partial charge on any atom is 0.253 e. The van der Waals surface area contributed by atoms with Crippen LogP contribution in [0.1, 0.15) is 24.2 Å². The molecule has 0 spiro atoms. The van der Waals surface area contributed by atoms with E-state index in [1.54, 1.807) is 29.2 Å². The molecule has 144 valence electrons. The summed E-state index contributed by atoms with van der Waals surface area (Å²) in [5, 5.41) is 4.57. The molecule has 1 N–H and O–H groups in total. The molecule has 0 fully saturated rings. The lowest BCUT2D eigenvalue weighted by atomic mass is 10.2. The molecule has 0 saturated carbocycles. The summed E-state index contributed by atoms with van der Waals surface area (Å²) in [6.45, 7) is 5.24. The second kappa shape index (κ2) is 9.32. The lowest BCUT2D eigenvalue weighted by Gasteiger charge is -2.18. The van der Waals surface area contributed by atoms with E-state index in [4.69, 9.17) is 0 Å². The molecule has 2 amide bonds. The fourth-order valence-corrected chi connectivity index (χ4v) is 3.61. The zero-order chi connectivity index (χ0) is 19.9. The number of para-hydroxylation sites is 1. The molecule has 6 nitrogen and oxygen atoms in total. The fraction of sp³-hybridized carbons (Fsp3) is 0.238. The van der Waals surface area contributed by atoms with Crippen molar-refractivity contribution in [1.29, 1.82) is 0 Å². The molecule has 0 unspecified atom stereocenters. The highest BCUT2D eigenvalue weighted by molar-refractivity contribution is 8.00. The molecule has 3 rings (SSSR count). The summed E-state index contributed by atoms with van der Waals surface area (Å²) in [4.78, 5) is 34.9. The number of hydrogen-bond acceptors (Lipinski definition) is 5. The van der Waals surface area contributed by atoms with E-state index in [0.717, 1.165) is 15.9 Å². The molecule has 1 heterocycles. The SMILES string of the molecule is CCN(CC)C(=O)c1ccc(NC(=O)CSc2ncnc3ccccc23)cc1. The van der Waals surface area contributed by atoms with Gasteiger partial charge < -0.3 is 10.2 Å². The molecule has 0 atom stereocenters. The zero-order valence-corrected chi connectivity index (χ0v) is 16.7. The highest BCUT2D eigenvalue weighted by atomic mass is 32.2. The van der Waals surface area contributed by atoms with Gasteiger partial charge in [0.15, 0.2) is 0 Å². The van der Waals surface area contributed by atoms with Crippen LogP contribution in [0.4, 0.5) is 5.69 Å². The summed E-state index contributed by atoms with van der Waals surface area (Å²) in [5.74, 6) is 0.103. The smallest absolute Gasteiger partial charge is 0.253 e. The maximum absolute atomic E-state index is 12.3. The van der Waals surface area contributed by atoms with Crippen molar-refractivity contribution in [3.8, 4) is 0 Å². The van der Waals surface area contributed by atoms with Crippen LogP contribution >= 0.6 is 11.8 Å². The van der Waals surface area contributed by atoms with Gasteiger partial charge in [0.2, 0.25) is 5.91 Å². The molecule has 0 bridgehead atoms. The van der Waals surface area contributed by atoms with Crippen molar-refractivity contribution in [2.24, 2.45) is 0 Å². The predicted molar refractivity (Wildman–Crippen MR) is 113 cm³/mol. The summed E-state index contributed by atoms with van der Waals surface area (Å²) in [6, 6.07) is 14.7. The van der Waals surface area contributed by atoms with Gasteiger partial charge in [0.05, 0.1) is 11.3 Å². The zero-order valence-electron chi connectivity index (χ0n) is 15.9. The van der Waals surface area contributed by atoms with Gasteiger partial charge in [0.1, 0.15) is 11.4 Å². The average Bonchev–Trinajstić information content (AvgIpc) is 2.73. The Morgan fingerprint density at radius 2 is 1.71 bits per heavy atom. The fourth-order valence-electron chi connectivity index (χ4n) is 2.82. The number of thioether (sulfide) groups is 1. The van der Waals surface area contributed by atoms with E-state index in [1.807, 2.05) is 38.1 Å². The minimum Gasteiger partial charge on any atom is -0.339 e. The van der Waals surface area contributed by atoms with E-state index < -0.39 is 0 Å².